The first kappa shape index (κ1) is 12.5. The van der Waals surface area contributed by atoms with Crippen LogP contribution in [-0.4, -0.2) is 25.8 Å². The molecule has 1 atom stereocenters. The number of hydrogen-bond donors (Lipinski definition) is 0. The Kier molecular flexibility index (Phi) is 3.73. The third-order valence-electron chi connectivity index (χ3n) is 2.76. The van der Waals surface area contributed by atoms with Crippen LogP contribution in [-0.2, 0) is 10.0 Å². The maximum atomic E-state index is 12.3. The van der Waals surface area contributed by atoms with Crippen LogP contribution in [0.15, 0.2) is 20.1 Å². The molecule has 3 nitrogen and oxygen atoms in total. The van der Waals surface area contributed by atoms with E-state index < -0.39 is 10.0 Å². The Balaban J connectivity index is 2.25. The molecule has 1 aliphatic rings. The van der Waals surface area contributed by atoms with E-state index in [2.05, 4.69) is 22.9 Å². The number of piperidine rings is 1. The molecule has 1 aromatic heterocycles. The second-order valence-corrected chi connectivity index (χ2v) is 8.80. The van der Waals surface area contributed by atoms with Crippen molar-refractivity contribution in [3.8, 4) is 0 Å². The number of sulfonamides is 1. The van der Waals surface area contributed by atoms with E-state index >= 15 is 0 Å². The molecule has 0 saturated carbocycles. The largest absolute Gasteiger partial charge is 0.252 e. The fourth-order valence-electron chi connectivity index (χ4n) is 1.93. The van der Waals surface area contributed by atoms with E-state index in [1.54, 1.807) is 16.4 Å². The molecule has 1 saturated heterocycles. The van der Waals surface area contributed by atoms with Crippen LogP contribution in [0.1, 0.15) is 19.8 Å². The molecule has 0 spiro atoms. The van der Waals surface area contributed by atoms with Gasteiger partial charge in [0.25, 0.3) is 10.0 Å². The van der Waals surface area contributed by atoms with Crippen LogP contribution < -0.4 is 0 Å². The number of halogens is 1. The Morgan fingerprint density at radius 1 is 1.50 bits per heavy atom. The van der Waals surface area contributed by atoms with Gasteiger partial charge in [-0.3, -0.25) is 0 Å². The molecule has 2 heterocycles. The van der Waals surface area contributed by atoms with Gasteiger partial charge in [-0.25, -0.2) is 8.42 Å². The Hall–Kier alpha value is 0.0900. The normalized spacial score (nSPS) is 23.5. The Labute approximate surface area is 109 Å². The highest BCUT2D eigenvalue weighted by Gasteiger charge is 2.29. The van der Waals surface area contributed by atoms with E-state index in [1.165, 1.54) is 11.3 Å². The summed E-state index contributed by atoms with van der Waals surface area (Å²) >= 11 is 4.57. The van der Waals surface area contributed by atoms with Crippen LogP contribution in [0.3, 0.4) is 0 Å². The first-order valence-corrected chi connectivity index (χ1v) is 8.30. The lowest BCUT2D eigenvalue weighted by Crippen LogP contribution is -2.38. The van der Waals surface area contributed by atoms with Crippen molar-refractivity contribution in [2.45, 2.75) is 24.0 Å². The summed E-state index contributed by atoms with van der Waals surface area (Å²) in [4.78, 5) is 0. The summed E-state index contributed by atoms with van der Waals surface area (Å²) in [6.07, 6.45) is 2.09. The molecule has 0 aliphatic carbocycles. The zero-order valence-corrected chi connectivity index (χ0v) is 12.2. The summed E-state index contributed by atoms with van der Waals surface area (Å²) in [5.74, 6) is 0.465. The predicted molar refractivity (Wildman–Crippen MR) is 69.2 cm³/mol. The van der Waals surface area contributed by atoms with Gasteiger partial charge in [0.1, 0.15) is 4.21 Å². The van der Waals surface area contributed by atoms with Crippen molar-refractivity contribution in [2.75, 3.05) is 13.1 Å². The molecule has 0 bridgehead atoms. The average Bonchev–Trinajstić information content (AvgIpc) is 2.65. The number of hydrogen-bond acceptors (Lipinski definition) is 3. The van der Waals surface area contributed by atoms with Gasteiger partial charge in [0.15, 0.2) is 0 Å². The molecular weight excluding hydrogens is 310 g/mol. The maximum Gasteiger partial charge on any atom is 0.252 e. The lowest BCUT2D eigenvalue weighted by Gasteiger charge is -2.29. The van der Waals surface area contributed by atoms with E-state index in [1.807, 2.05) is 0 Å². The van der Waals surface area contributed by atoms with E-state index in [9.17, 15) is 8.42 Å². The van der Waals surface area contributed by atoms with Crippen LogP contribution in [0.25, 0.3) is 0 Å². The summed E-state index contributed by atoms with van der Waals surface area (Å²) in [6.45, 7) is 3.41. The summed E-state index contributed by atoms with van der Waals surface area (Å²) in [6, 6.07) is 3.45. The number of nitrogens with zero attached hydrogens (tertiary/aromatic N) is 1. The Morgan fingerprint density at radius 3 is 2.81 bits per heavy atom. The molecule has 16 heavy (non-hydrogen) atoms. The van der Waals surface area contributed by atoms with Crippen molar-refractivity contribution < 1.29 is 8.42 Å². The quantitative estimate of drug-likeness (QED) is 0.839. The third-order valence-corrected chi connectivity index (χ3v) is 6.72. The highest BCUT2D eigenvalue weighted by molar-refractivity contribution is 9.11. The van der Waals surface area contributed by atoms with Gasteiger partial charge in [0.2, 0.25) is 0 Å². The van der Waals surface area contributed by atoms with Gasteiger partial charge < -0.3 is 0 Å². The Bertz CT molecular complexity index is 469. The van der Waals surface area contributed by atoms with Gasteiger partial charge in [-0.2, -0.15) is 4.31 Å². The van der Waals surface area contributed by atoms with Gasteiger partial charge >= 0.3 is 0 Å². The molecule has 1 aliphatic heterocycles. The van der Waals surface area contributed by atoms with Gasteiger partial charge in [0.05, 0.1) is 3.79 Å². The Morgan fingerprint density at radius 2 is 2.25 bits per heavy atom. The first-order chi connectivity index (χ1) is 7.50. The maximum absolute atomic E-state index is 12.3. The second-order valence-electron chi connectivity index (χ2n) is 4.17. The number of thiophene rings is 1. The van der Waals surface area contributed by atoms with E-state index in [4.69, 9.17) is 0 Å². The van der Waals surface area contributed by atoms with Gasteiger partial charge in [0, 0.05) is 13.1 Å². The molecule has 1 fully saturated rings. The standard InChI is InChI=1S/C10H14BrNO2S2/c1-8-3-2-6-12(7-8)16(13,14)10-5-4-9(11)15-10/h4-5,8H,2-3,6-7H2,1H3/t8-/m0/s1. The summed E-state index contributed by atoms with van der Waals surface area (Å²) < 4.78 is 27.4. The summed E-state index contributed by atoms with van der Waals surface area (Å²) in [7, 11) is -3.25. The van der Waals surface area contributed by atoms with Crippen LogP contribution in [0.5, 0.6) is 0 Å². The molecule has 0 radical (unpaired) electrons. The van der Waals surface area contributed by atoms with Crippen molar-refractivity contribution in [3.05, 3.63) is 15.9 Å². The fourth-order valence-corrected chi connectivity index (χ4v) is 5.69. The minimum absolute atomic E-state index is 0.438. The fraction of sp³-hybridized carbons (Fsp3) is 0.600. The van der Waals surface area contributed by atoms with Crippen molar-refractivity contribution in [1.82, 2.24) is 4.31 Å². The van der Waals surface area contributed by atoms with Crippen molar-refractivity contribution in [2.24, 2.45) is 5.92 Å². The molecule has 2 rings (SSSR count). The minimum atomic E-state index is -3.25. The minimum Gasteiger partial charge on any atom is -0.206 e. The molecule has 6 heteroatoms. The van der Waals surface area contributed by atoms with Crippen molar-refractivity contribution in [3.63, 3.8) is 0 Å². The number of rotatable bonds is 2. The smallest absolute Gasteiger partial charge is 0.206 e. The molecule has 0 unspecified atom stereocenters. The molecular formula is C10H14BrNO2S2. The van der Waals surface area contributed by atoms with Gasteiger partial charge in [-0.15, -0.1) is 11.3 Å². The molecule has 90 valence electrons. The average molecular weight is 324 g/mol. The topological polar surface area (TPSA) is 37.4 Å². The highest BCUT2D eigenvalue weighted by Crippen LogP contribution is 2.30. The van der Waals surface area contributed by atoms with E-state index in [0.717, 1.165) is 16.6 Å². The molecule has 1 aromatic rings. The first-order valence-electron chi connectivity index (χ1n) is 5.25. The van der Waals surface area contributed by atoms with Gasteiger partial charge in [-0.05, 0) is 46.8 Å². The van der Waals surface area contributed by atoms with Crippen molar-refractivity contribution >= 4 is 37.3 Å². The third kappa shape index (κ3) is 2.50. The molecule has 0 N–H and O–H groups in total. The van der Waals surface area contributed by atoms with E-state index in [-0.39, 0.29) is 0 Å². The summed E-state index contributed by atoms with van der Waals surface area (Å²) in [5.41, 5.74) is 0. The lowest BCUT2D eigenvalue weighted by molar-refractivity contribution is 0.281. The van der Waals surface area contributed by atoms with Gasteiger partial charge in [-0.1, -0.05) is 6.92 Å². The zero-order valence-electron chi connectivity index (χ0n) is 9.02. The van der Waals surface area contributed by atoms with Crippen LogP contribution >= 0.6 is 27.3 Å². The monoisotopic (exact) mass is 323 g/mol. The van der Waals surface area contributed by atoms with Crippen LogP contribution in [0, 0.1) is 5.92 Å². The molecule has 0 aromatic carbocycles. The molecule has 0 amide bonds. The SMILES string of the molecule is C[C@H]1CCCN(S(=O)(=O)c2ccc(Br)s2)C1. The van der Waals surface area contributed by atoms with Crippen molar-refractivity contribution in [1.29, 1.82) is 0 Å². The highest BCUT2D eigenvalue weighted by atomic mass is 79.9. The van der Waals surface area contributed by atoms with Crippen LogP contribution in [0.4, 0.5) is 0 Å². The van der Waals surface area contributed by atoms with Crippen LogP contribution in [0.2, 0.25) is 0 Å². The predicted octanol–water partition coefficient (Wildman–Crippen LogP) is 2.93. The second kappa shape index (κ2) is 4.76. The lowest BCUT2D eigenvalue weighted by atomic mass is 10.0. The summed E-state index contributed by atoms with van der Waals surface area (Å²) in [5, 5.41) is 0. The van der Waals surface area contributed by atoms with E-state index in [0.29, 0.717) is 23.2 Å². The zero-order chi connectivity index (χ0) is 11.8.